The highest BCUT2D eigenvalue weighted by Gasteiger charge is 2.38. The van der Waals surface area contributed by atoms with Gasteiger partial charge in [0.05, 0.1) is 21.3 Å². The molecule has 0 bridgehead atoms. The van der Waals surface area contributed by atoms with Crippen molar-refractivity contribution in [3.8, 4) is 11.5 Å². The molecule has 22 heavy (non-hydrogen) atoms. The van der Waals surface area contributed by atoms with Gasteiger partial charge in [0.25, 0.3) is 0 Å². The van der Waals surface area contributed by atoms with Gasteiger partial charge < -0.3 is 0 Å². The van der Waals surface area contributed by atoms with Crippen molar-refractivity contribution in [2.75, 3.05) is 0 Å². The van der Waals surface area contributed by atoms with E-state index >= 15 is 0 Å². The molecule has 1 saturated carbocycles. The summed E-state index contributed by atoms with van der Waals surface area (Å²) in [5.74, 6) is 4.85. The number of hydrogen-bond acceptors (Lipinski definition) is 1. The standard InChI is InChI=1S/C18H35NOSSi/c1-15-9-11-16(12-10-15)18(5,13-14-22(6,7)8)19-21(20)17(2,3)4/h15-16,19H,9-12H2,1-8H3/t15?,16?,18-,21+/m1/s1. The van der Waals surface area contributed by atoms with Crippen LogP contribution in [0.4, 0.5) is 0 Å². The third-order valence-electron chi connectivity index (χ3n) is 4.39. The minimum absolute atomic E-state index is 0.260. The first kappa shape index (κ1) is 19.9. The van der Waals surface area contributed by atoms with E-state index < -0.39 is 19.1 Å². The van der Waals surface area contributed by atoms with Crippen molar-refractivity contribution in [3.63, 3.8) is 0 Å². The molecule has 0 unspecified atom stereocenters. The fourth-order valence-corrected chi connectivity index (χ4v) is 4.26. The summed E-state index contributed by atoms with van der Waals surface area (Å²) in [6.45, 7) is 17.4. The predicted octanol–water partition coefficient (Wildman–Crippen LogP) is 4.50. The Balaban J connectivity index is 3.03. The topological polar surface area (TPSA) is 29.1 Å². The van der Waals surface area contributed by atoms with Crippen LogP contribution in [0.5, 0.6) is 0 Å². The van der Waals surface area contributed by atoms with Crippen LogP contribution in [0.25, 0.3) is 0 Å². The van der Waals surface area contributed by atoms with Gasteiger partial charge in [-0.15, -0.1) is 5.54 Å². The number of rotatable bonds is 3. The van der Waals surface area contributed by atoms with Gasteiger partial charge in [-0.05, 0) is 52.4 Å². The lowest BCUT2D eigenvalue weighted by Gasteiger charge is -2.39. The molecular weight excluding hydrogens is 306 g/mol. The SMILES string of the molecule is CC1CCC([C@@](C)(C#C[Si](C)(C)C)N[S@@](=O)C(C)(C)C)CC1. The van der Waals surface area contributed by atoms with Gasteiger partial charge >= 0.3 is 0 Å². The van der Waals surface area contributed by atoms with E-state index in [0.29, 0.717) is 5.92 Å². The number of hydrogen-bond donors (Lipinski definition) is 1. The second-order valence-electron chi connectivity index (χ2n) is 9.14. The molecule has 2 atom stereocenters. The average Bonchev–Trinajstić information content (AvgIpc) is 2.35. The molecule has 0 radical (unpaired) electrons. The molecule has 2 nitrogen and oxygen atoms in total. The molecular formula is C18H35NOSSi. The zero-order valence-electron chi connectivity index (χ0n) is 15.8. The summed E-state index contributed by atoms with van der Waals surface area (Å²) in [7, 11) is -2.52. The molecule has 1 N–H and O–H groups in total. The lowest BCUT2D eigenvalue weighted by molar-refractivity contribution is 0.219. The molecule has 1 fully saturated rings. The molecule has 0 aromatic rings. The van der Waals surface area contributed by atoms with Gasteiger partial charge in [-0.2, -0.15) is 0 Å². The van der Waals surface area contributed by atoms with E-state index in [0.717, 1.165) is 5.92 Å². The Morgan fingerprint density at radius 3 is 1.95 bits per heavy atom. The van der Waals surface area contributed by atoms with Crippen molar-refractivity contribution >= 4 is 19.1 Å². The maximum Gasteiger partial charge on any atom is 0.129 e. The fourth-order valence-electron chi connectivity index (χ4n) is 2.71. The molecule has 4 heteroatoms. The van der Waals surface area contributed by atoms with Crippen LogP contribution in [0, 0.1) is 23.3 Å². The van der Waals surface area contributed by atoms with Crippen molar-refractivity contribution in [1.29, 1.82) is 0 Å². The molecule has 0 spiro atoms. The van der Waals surface area contributed by atoms with Crippen LogP contribution in [-0.4, -0.2) is 22.6 Å². The highest BCUT2D eigenvalue weighted by Crippen LogP contribution is 2.36. The average molecular weight is 342 g/mol. The largest absolute Gasteiger partial charge is 0.242 e. The molecule has 1 aliphatic rings. The van der Waals surface area contributed by atoms with E-state index in [-0.39, 0.29) is 10.3 Å². The maximum absolute atomic E-state index is 12.7. The Bertz CT molecular complexity index is 458. The second kappa shape index (κ2) is 7.19. The minimum Gasteiger partial charge on any atom is -0.242 e. The lowest BCUT2D eigenvalue weighted by atomic mass is 9.74. The smallest absolute Gasteiger partial charge is 0.129 e. The molecule has 0 aromatic heterocycles. The molecule has 0 heterocycles. The highest BCUT2D eigenvalue weighted by atomic mass is 32.2. The Morgan fingerprint density at radius 1 is 1.05 bits per heavy atom. The van der Waals surface area contributed by atoms with Gasteiger partial charge in [-0.3, -0.25) is 0 Å². The van der Waals surface area contributed by atoms with Crippen molar-refractivity contribution in [2.24, 2.45) is 11.8 Å². The summed E-state index contributed by atoms with van der Waals surface area (Å²) in [4.78, 5) is 0. The van der Waals surface area contributed by atoms with Crippen molar-refractivity contribution < 1.29 is 4.21 Å². The van der Waals surface area contributed by atoms with Gasteiger partial charge in [0.1, 0.15) is 8.07 Å². The fraction of sp³-hybridized carbons (Fsp3) is 0.889. The lowest BCUT2D eigenvalue weighted by Crippen LogP contribution is -2.53. The third kappa shape index (κ3) is 6.18. The van der Waals surface area contributed by atoms with Crippen molar-refractivity contribution in [3.05, 3.63) is 0 Å². The first-order valence-corrected chi connectivity index (χ1v) is 13.2. The van der Waals surface area contributed by atoms with Gasteiger partial charge in [0.15, 0.2) is 0 Å². The molecule has 0 saturated heterocycles. The van der Waals surface area contributed by atoms with Crippen LogP contribution >= 0.6 is 0 Å². The maximum atomic E-state index is 12.7. The van der Waals surface area contributed by atoms with Gasteiger partial charge in [-0.1, -0.05) is 45.3 Å². The quantitative estimate of drug-likeness (QED) is 0.594. The van der Waals surface area contributed by atoms with Crippen LogP contribution in [0.15, 0.2) is 0 Å². The van der Waals surface area contributed by atoms with Crippen molar-refractivity contribution in [1.82, 2.24) is 4.72 Å². The van der Waals surface area contributed by atoms with Gasteiger partial charge in [0, 0.05) is 0 Å². The molecule has 1 rings (SSSR count). The van der Waals surface area contributed by atoms with Crippen LogP contribution in [0.1, 0.15) is 60.3 Å². The Hall–Kier alpha value is -0.113. The van der Waals surface area contributed by atoms with E-state index in [2.05, 4.69) is 49.7 Å². The monoisotopic (exact) mass is 341 g/mol. The zero-order chi connectivity index (χ0) is 17.2. The molecule has 0 amide bonds. The number of nitrogens with one attached hydrogen (secondary N) is 1. The van der Waals surface area contributed by atoms with Crippen molar-refractivity contribution in [2.45, 2.75) is 90.2 Å². The van der Waals surface area contributed by atoms with E-state index in [1.165, 1.54) is 25.7 Å². The Kier molecular flexibility index (Phi) is 6.52. The highest BCUT2D eigenvalue weighted by molar-refractivity contribution is 7.84. The van der Waals surface area contributed by atoms with Gasteiger partial charge in [0.2, 0.25) is 0 Å². The van der Waals surface area contributed by atoms with E-state index in [4.69, 9.17) is 0 Å². The summed E-state index contributed by atoms with van der Waals surface area (Å²) >= 11 is 0. The first-order chi connectivity index (χ1) is 9.83. The second-order valence-corrected chi connectivity index (χ2v) is 15.9. The van der Waals surface area contributed by atoms with Crippen LogP contribution in [-0.2, 0) is 11.0 Å². The van der Waals surface area contributed by atoms with E-state index in [1.54, 1.807) is 0 Å². The summed E-state index contributed by atoms with van der Waals surface area (Å²) < 4.78 is 15.8. The Labute approximate surface area is 141 Å². The predicted molar refractivity (Wildman–Crippen MR) is 102 cm³/mol. The summed E-state index contributed by atoms with van der Waals surface area (Å²) in [5, 5.41) is 0. The van der Waals surface area contributed by atoms with Gasteiger partial charge in [-0.25, -0.2) is 8.93 Å². The summed E-state index contributed by atoms with van der Waals surface area (Å²) in [6.07, 6.45) is 4.90. The first-order valence-electron chi connectivity index (χ1n) is 8.57. The minimum atomic E-state index is -1.44. The van der Waals surface area contributed by atoms with E-state index in [9.17, 15) is 4.21 Å². The summed E-state index contributed by atoms with van der Waals surface area (Å²) in [5.41, 5.74) is 3.18. The molecule has 1 aliphatic carbocycles. The van der Waals surface area contributed by atoms with E-state index in [1.807, 2.05) is 20.8 Å². The normalized spacial score (nSPS) is 27.5. The zero-order valence-corrected chi connectivity index (χ0v) is 17.6. The molecule has 0 aromatic carbocycles. The third-order valence-corrected chi connectivity index (χ3v) is 6.99. The van der Waals surface area contributed by atoms with Crippen LogP contribution in [0.3, 0.4) is 0 Å². The molecule has 0 aliphatic heterocycles. The van der Waals surface area contributed by atoms with Crippen LogP contribution in [0.2, 0.25) is 19.6 Å². The van der Waals surface area contributed by atoms with Crippen LogP contribution < -0.4 is 4.72 Å². The molecule has 128 valence electrons. The Morgan fingerprint density at radius 2 is 1.55 bits per heavy atom. The summed E-state index contributed by atoms with van der Waals surface area (Å²) in [6, 6.07) is 0.